The number of aryl methyl sites for hydroxylation is 1. The summed E-state index contributed by atoms with van der Waals surface area (Å²) in [5.74, 6) is 1.17. The van der Waals surface area contributed by atoms with E-state index in [0.717, 1.165) is 17.0 Å². The van der Waals surface area contributed by atoms with Crippen LogP contribution >= 0.6 is 0 Å². The van der Waals surface area contributed by atoms with Gasteiger partial charge in [0, 0.05) is 17.7 Å². The molecule has 1 amide bonds. The molecule has 25 heavy (non-hydrogen) atoms. The van der Waals surface area contributed by atoms with E-state index >= 15 is 0 Å². The maximum Gasteiger partial charge on any atom is 0.251 e. The monoisotopic (exact) mass is 336 g/mol. The number of H-pyrrole nitrogens is 1. The molecule has 0 radical (unpaired) electrons. The van der Waals surface area contributed by atoms with Crippen LogP contribution in [0.2, 0.25) is 0 Å². The number of carbonyl (C=O) groups excluding carboxylic acids is 1. The average Bonchev–Trinajstić information content (AvgIpc) is 3.08. The summed E-state index contributed by atoms with van der Waals surface area (Å²) in [4.78, 5) is 16.8. The van der Waals surface area contributed by atoms with Gasteiger partial charge in [-0.2, -0.15) is 5.10 Å². The van der Waals surface area contributed by atoms with E-state index in [4.69, 9.17) is 0 Å². The largest absolute Gasteiger partial charge is 0.396 e. The Bertz CT molecular complexity index is 828. The molecule has 1 aromatic heterocycles. The van der Waals surface area contributed by atoms with Crippen molar-refractivity contribution in [1.29, 1.82) is 0 Å². The molecule has 0 aliphatic rings. The third-order valence-electron chi connectivity index (χ3n) is 3.93. The van der Waals surface area contributed by atoms with Gasteiger partial charge in [0.25, 0.3) is 5.91 Å². The molecule has 0 aliphatic carbocycles. The number of aromatic amines is 1. The Morgan fingerprint density at radius 1 is 1.16 bits per heavy atom. The summed E-state index contributed by atoms with van der Waals surface area (Å²) in [5, 5.41) is 19.2. The van der Waals surface area contributed by atoms with Crippen LogP contribution in [-0.2, 0) is 0 Å². The van der Waals surface area contributed by atoms with Crippen molar-refractivity contribution >= 4 is 5.91 Å². The molecule has 128 valence electrons. The minimum absolute atomic E-state index is 0.00293. The number of carbonyl (C=O) groups is 1. The van der Waals surface area contributed by atoms with E-state index in [1.807, 2.05) is 49.4 Å². The maximum atomic E-state index is 12.5. The molecule has 0 fully saturated rings. The molecule has 1 atom stereocenters. The van der Waals surface area contributed by atoms with Crippen molar-refractivity contribution in [1.82, 2.24) is 20.5 Å². The molecule has 0 saturated carbocycles. The van der Waals surface area contributed by atoms with Crippen molar-refractivity contribution in [3.63, 3.8) is 0 Å². The first-order valence-electron chi connectivity index (χ1n) is 8.13. The van der Waals surface area contributed by atoms with Crippen LogP contribution in [-0.4, -0.2) is 32.8 Å². The molecule has 0 aliphatic heterocycles. The fourth-order valence-corrected chi connectivity index (χ4v) is 2.62. The van der Waals surface area contributed by atoms with E-state index in [2.05, 4.69) is 20.5 Å². The van der Waals surface area contributed by atoms with Crippen molar-refractivity contribution in [3.05, 3.63) is 71.5 Å². The minimum atomic E-state index is -0.228. The molecule has 3 rings (SSSR count). The summed E-state index contributed by atoms with van der Waals surface area (Å²) in [5.41, 5.74) is 2.36. The number of aromatic nitrogens is 3. The Morgan fingerprint density at radius 3 is 2.48 bits per heavy atom. The summed E-state index contributed by atoms with van der Waals surface area (Å²) in [6.45, 7) is 1.84. The standard InChI is InChI=1S/C19H20N4O2/c1-13-20-18(23-22-13)15-7-9-16(10-8-15)19(25)21-17(11-12-24)14-5-3-2-4-6-14/h2-10,17,24H,11-12H2,1H3,(H,21,25)(H,20,22,23). The van der Waals surface area contributed by atoms with E-state index in [1.165, 1.54) is 0 Å². The zero-order valence-corrected chi connectivity index (χ0v) is 13.9. The number of hydrogen-bond acceptors (Lipinski definition) is 4. The van der Waals surface area contributed by atoms with Gasteiger partial charge < -0.3 is 10.4 Å². The van der Waals surface area contributed by atoms with Gasteiger partial charge in [-0.05, 0) is 31.0 Å². The summed E-state index contributed by atoms with van der Waals surface area (Å²) in [7, 11) is 0. The molecule has 3 N–H and O–H groups in total. The predicted molar refractivity (Wildman–Crippen MR) is 94.9 cm³/mol. The fourth-order valence-electron chi connectivity index (χ4n) is 2.62. The van der Waals surface area contributed by atoms with Crippen molar-refractivity contribution < 1.29 is 9.90 Å². The van der Waals surface area contributed by atoms with Crippen LogP contribution in [0, 0.1) is 6.92 Å². The van der Waals surface area contributed by atoms with E-state index in [0.29, 0.717) is 17.8 Å². The molecule has 2 aromatic carbocycles. The first kappa shape index (κ1) is 16.9. The molecule has 3 aromatic rings. The minimum Gasteiger partial charge on any atom is -0.396 e. The highest BCUT2D eigenvalue weighted by atomic mass is 16.3. The van der Waals surface area contributed by atoms with Gasteiger partial charge in [0.2, 0.25) is 0 Å². The third kappa shape index (κ3) is 4.10. The van der Waals surface area contributed by atoms with Crippen LogP contribution in [0.4, 0.5) is 0 Å². The lowest BCUT2D eigenvalue weighted by Crippen LogP contribution is -2.29. The summed E-state index contributed by atoms with van der Waals surface area (Å²) in [6, 6.07) is 16.5. The summed E-state index contributed by atoms with van der Waals surface area (Å²) >= 11 is 0. The second-order valence-corrected chi connectivity index (χ2v) is 5.77. The summed E-state index contributed by atoms with van der Waals surface area (Å²) in [6.07, 6.45) is 0.463. The Hall–Kier alpha value is -2.99. The molecule has 1 unspecified atom stereocenters. The summed E-state index contributed by atoms with van der Waals surface area (Å²) < 4.78 is 0. The predicted octanol–water partition coefficient (Wildman–Crippen LogP) is 2.63. The lowest BCUT2D eigenvalue weighted by molar-refractivity contribution is 0.0930. The van der Waals surface area contributed by atoms with Gasteiger partial charge in [-0.3, -0.25) is 9.89 Å². The quantitative estimate of drug-likeness (QED) is 0.645. The van der Waals surface area contributed by atoms with Crippen molar-refractivity contribution in [2.24, 2.45) is 0 Å². The topological polar surface area (TPSA) is 90.9 Å². The first-order valence-corrected chi connectivity index (χ1v) is 8.13. The Kier molecular flexibility index (Phi) is 5.20. The zero-order valence-electron chi connectivity index (χ0n) is 13.9. The van der Waals surface area contributed by atoms with Gasteiger partial charge in [0.1, 0.15) is 5.82 Å². The first-order chi connectivity index (χ1) is 12.2. The number of aliphatic hydroxyl groups excluding tert-OH is 1. The third-order valence-corrected chi connectivity index (χ3v) is 3.93. The molecule has 0 spiro atoms. The molecule has 1 heterocycles. The second-order valence-electron chi connectivity index (χ2n) is 5.77. The van der Waals surface area contributed by atoms with Gasteiger partial charge in [0.15, 0.2) is 5.82 Å². The molecule has 0 bridgehead atoms. The van der Waals surface area contributed by atoms with E-state index in [9.17, 15) is 9.90 Å². The van der Waals surface area contributed by atoms with E-state index < -0.39 is 0 Å². The van der Waals surface area contributed by atoms with Crippen LogP contribution in [0.1, 0.15) is 34.2 Å². The number of rotatable bonds is 6. The lowest BCUT2D eigenvalue weighted by Gasteiger charge is -2.18. The normalized spacial score (nSPS) is 11.9. The molecule has 0 saturated heterocycles. The van der Waals surface area contributed by atoms with E-state index in [-0.39, 0.29) is 18.6 Å². The molecule has 6 heteroatoms. The van der Waals surface area contributed by atoms with Crippen molar-refractivity contribution in [2.45, 2.75) is 19.4 Å². The number of benzene rings is 2. The molecular weight excluding hydrogens is 316 g/mol. The van der Waals surface area contributed by atoms with Gasteiger partial charge in [-0.25, -0.2) is 4.98 Å². The zero-order chi connectivity index (χ0) is 17.6. The number of nitrogens with zero attached hydrogens (tertiary/aromatic N) is 2. The number of hydrogen-bond donors (Lipinski definition) is 3. The fraction of sp³-hybridized carbons (Fsp3) is 0.211. The highest BCUT2D eigenvalue weighted by Gasteiger charge is 2.15. The van der Waals surface area contributed by atoms with Gasteiger partial charge in [-0.15, -0.1) is 0 Å². The van der Waals surface area contributed by atoms with Crippen LogP contribution in [0.25, 0.3) is 11.4 Å². The van der Waals surface area contributed by atoms with Gasteiger partial charge >= 0.3 is 0 Å². The Labute approximate surface area is 145 Å². The smallest absolute Gasteiger partial charge is 0.251 e. The van der Waals surface area contributed by atoms with Crippen LogP contribution in [0.3, 0.4) is 0 Å². The highest BCUT2D eigenvalue weighted by molar-refractivity contribution is 5.94. The van der Waals surface area contributed by atoms with E-state index in [1.54, 1.807) is 12.1 Å². The van der Waals surface area contributed by atoms with Crippen LogP contribution in [0.5, 0.6) is 0 Å². The second kappa shape index (κ2) is 7.72. The lowest BCUT2D eigenvalue weighted by atomic mass is 10.0. The number of amides is 1. The Morgan fingerprint density at radius 2 is 1.88 bits per heavy atom. The van der Waals surface area contributed by atoms with Gasteiger partial charge in [-0.1, -0.05) is 42.5 Å². The van der Waals surface area contributed by atoms with Crippen molar-refractivity contribution in [2.75, 3.05) is 6.61 Å². The maximum absolute atomic E-state index is 12.5. The van der Waals surface area contributed by atoms with Crippen LogP contribution < -0.4 is 5.32 Å². The van der Waals surface area contributed by atoms with Crippen LogP contribution in [0.15, 0.2) is 54.6 Å². The SMILES string of the molecule is Cc1nc(-c2ccc(C(=O)NC(CCO)c3ccccc3)cc2)n[nH]1. The molecular formula is C19H20N4O2. The van der Waals surface area contributed by atoms with Gasteiger partial charge in [0.05, 0.1) is 6.04 Å². The number of nitrogens with one attached hydrogen (secondary N) is 2. The Balaban J connectivity index is 1.73. The van der Waals surface area contributed by atoms with Crippen molar-refractivity contribution in [3.8, 4) is 11.4 Å². The highest BCUT2D eigenvalue weighted by Crippen LogP contribution is 2.19. The number of aliphatic hydroxyl groups is 1. The molecule has 6 nitrogen and oxygen atoms in total. The average molecular weight is 336 g/mol.